The van der Waals surface area contributed by atoms with Crippen LogP contribution in [0.2, 0.25) is 0 Å². The van der Waals surface area contributed by atoms with Crippen molar-refractivity contribution in [3.05, 3.63) is 27.2 Å². The quantitative estimate of drug-likeness (QED) is 0.797. The van der Waals surface area contributed by atoms with Crippen molar-refractivity contribution in [3.8, 4) is 0 Å². The molecule has 22 heavy (non-hydrogen) atoms. The molecule has 1 fully saturated rings. The maximum Gasteiger partial charge on any atom is 0.332 e. The highest BCUT2D eigenvalue weighted by Crippen LogP contribution is 2.22. The Kier molecular flexibility index (Phi) is 3.45. The predicted octanol–water partition coefficient (Wildman–Crippen LogP) is -0.636. The third kappa shape index (κ3) is 2.38. The molecule has 2 aromatic rings. The number of nitrogens with zero attached hydrogens (tertiary/aromatic N) is 4. The van der Waals surface area contributed by atoms with E-state index >= 15 is 0 Å². The fourth-order valence-electron chi connectivity index (χ4n) is 2.83. The van der Waals surface area contributed by atoms with Gasteiger partial charge in [0.15, 0.2) is 11.2 Å². The Bertz CT molecular complexity index is 820. The number of rotatable bonds is 2. The van der Waals surface area contributed by atoms with Crippen molar-refractivity contribution in [2.24, 2.45) is 14.1 Å². The highest BCUT2D eigenvalue weighted by molar-refractivity contribution is 5.69. The van der Waals surface area contributed by atoms with E-state index in [9.17, 15) is 14.7 Å². The monoisotopic (exact) mass is 308 g/mol. The lowest BCUT2D eigenvalue weighted by Crippen LogP contribution is -2.46. The van der Waals surface area contributed by atoms with E-state index in [0.717, 1.165) is 0 Å². The zero-order valence-electron chi connectivity index (χ0n) is 12.9. The van der Waals surface area contributed by atoms with Gasteiger partial charge in [-0.15, -0.1) is 0 Å². The van der Waals surface area contributed by atoms with Gasteiger partial charge in [0.25, 0.3) is 5.56 Å². The summed E-state index contributed by atoms with van der Waals surface area (Å²) in [6.07, 6.45) is 2.45. The van der Waals surface area contributed by atoms with Crippen LogP contribution < -0.4 is 11.2 Å². The molecule has 1 aliphatic heterocycles. The molecule has 0 aliphatic carbocycles. The average Bonchev–Trinajstić information content (AvgIpc) is 2.85. The Morgan fingerprint density at radius 3 is 2.82 bits per heavy atom. The summed E-state index contributed by atoms with van der Waals surface area (Å²) in [5, 5.41) is 9.89. The molecule has 0 radical (unpaired) electrons. The van der Waals surface area contributed by atoms with Gasteiger partial charge in [0.05, 0.1) is 31.2 Å². The molecule has 8 heteroatoms. The smallest absolute Gasteiger partial charge is 0.332 e. The van der Waals surface area contributed by atoms with Crippen molar-refractivity contribution in [1.82, 2.24) is 18.7 Å². The number of aryl methyl sites for hydroxylation is 2. The minimum absolute atomic E-state index is 0.183. The fraction of sp³-hybridized carbons (Fsp3) is 0.643. The summed E-state index contributed by atoms with van der Waals surface area (Å²) >= 11 is 0. The molecular formula is C14H20N4O4. The standard InChI is InChI=1S/C14H20N4O4/c1-14(21)5-4-9(22-7-14)6-18-12(19)10-11(15-8-16(10)2)17(3)13(18)20/h8-9,21H,4-7H2,1-3H3. The second-order valence-corrected chi connectivity index (χ2v) is 6.25. The van der Waals surface area contributed by atoms with Gasteiger partial charge in [0.1, 0.15) is 0 Å². The third-order valence-corrected chi connectivity index (χ3v) is 4.22. The van der Waals surface area contributed by atoms with E-state index in [2.05, 4.69) is 4.98 Å². The molecule has 2 unspecified atom stereocenters. The van der Waals surface area contributed by atoms with E-state index in [1.54, 1.807) is 25.6 Å². The molecule has 0 spiro atoms. The second-order valence-electron chi connectivity index (χ2n) is 6.25. The molecule has 2 aromatic heterocycles. The van der Waals surface area contributed by atoms with Crippen LogP contribution in [0.15, 0.2) is 15.9 Å². The molecule has 0 bridgehead atoms. The van der Waals surface area contributed by atoms with Gasteiger partial charge in [-0.3, -0.25) is 13.9 Å². The summed E-state index contributed by atoms with van der Waals surface area (Å²) in [7, 11) is 3.32. The number of aromatic nitrogens is 4. The van der Waals surface area contributed by atoms with Crippen LogP contribution in [0.4, 0.5) is 0 Å². The summed E-state index contributed by atoms with van der Waals surface area (Å²) in [6, 6.07) is 0. The van der Waals surface area contributed by atoms with Gasteiger partial charge in [0, 0.05) is 14.1 Å². The van der Waals surface area contributed by atoms with Crippen molar-refractivity contribution in [1.29, 1.82) is 0 Å². The molecule has 2 atom stereocenters. The molecule has 3 rings (SSSR count). The molecule has 0 amide bonds. The number of hydrogen-bond donors (Lipinski definition) is 1. The first kappa shape index (κ1) is 15.0. The van der Waals surface area contributed by atoms with Crippen LogP contribution in [-0.2, 0) is 25.4 Å². The van der Waals surface area contributed by atoms with Crippen LogP contribution in [0.3, 0.4) is 0 Å². The van der Waals surface area contributed by atoms with E-state index in [0.29, 0.717) is 24.0 Å². The van der Waals surface area contributed by atoms with Gasteiger partial charge >= 0.3 is 5.69 Å². The van der Waals surface area contributed by atoms with Crippen LogP contribution in [0.25, 0.3) is 11.2 Å². The lowest BCUT2D eigenvalue weighted by atomic mass is 9.96. The zero-order valence-corrected chi connectivity index (χ0v) is 12.9. The summed E-state index contributed by atoms with van der Waals surface area (Å²) < 4.78 is 9.76. The SMILES string of the molecule is Cn1cnc2c1c(=O)n(CC1CCC(C)(O)CO1)c(=O)n2C. The lowest BCUT2D eigenvalue weighted by Gasteiger charge is -2.33. The van der Waals surface area contributed by atoms with Crippen LogP contribution in [-0.4, -0.2) is 42.1 Å². The topological polar surface area (TPSA) is 91.3 Å². The van der Waals surface area contributed by atoms with Crippen molar-refractivity contribution in [2.75, 3.05) is 6.61 Å². The highest BCUT2D eigenvalue weighted by atomic mass is 16.5. The molecule has 0 saturated carbocycles. The van der Waals surface area contributed by atoms with E-state index in [-0.39, 0.29) is 24.8 Å². The molecule has 3 heterocycles. The Labute approximate surface area is 126 Å². The molecular weight excluding hydrogens is 288 g/mol. The second kappa shape index (κ2) is 5.06. The molecule has 1 N–H and O–H groups in total. The number of aliphatic hydroxyl groups is 1. The average molecular weight is 308 g/mol. The van der Waals surface area contributed by atoms with Crippen LogP contribution >= 0.6 is 0 Å². The van der Waals surface area contributed by atoms with Crippen molar-refractivity contribution < 1.29 is 9.84 Å². The van der Waals surface area contributed by atoms with Gasteiger partial charge < -0.3 is 14.4 Å². The molecule has 120 valence electrons. The first-order valence-electron chi connectivity index (χ1n) is 7.25. The maximum atomic E-state index is 12.6. The van der Waals surface area contributed by atoms with Gasteiger partial charge in [-0.25, -0.2) is 9.78 Å². The van der Waals surface area contributed by atoms with Crippen LogP contribution in [0, 0.1) is 0 Å². The minimum Gasteiger partial charge on any atom is -0.388 e. The normalized spacial score (nSPS) is 25.7. The van der Waals surface area contributed by atoms with Gasteiger partial charge in [-0.1, -0.05) is 0 Å². The first-order valence-corrected chi connectivity index (χ1v) is 7.25. The van der Waals surface area contributed by atoms with Gasteiger partial charge in [-0.05, 0) is 19.8 Å². The summed E-state index contributed by atoms with van der Waals surface area (Å²) in [5.74, 6) is 0. The molecule has 1 saturated heterocycles. The number of hydrogen-bond acceptors (Lipinski definition) is 5. The maximum absolute atomic E-state index is 12.6. The summed E-state index contributed by atoms with van der Waals surface area (Å²) in [5.41, 5.74) is -0.833. The molecule has 1 aliphatic rings. The van der Waals surface area contributed by atoms with Gasteiger partial charge in [0.2, 0.25) is 0 Å². The Hall–Kier alpha value is -1.93. The molecule has 8 nitrogen and oxygen atoms in total. The van der Waals surface area contributed by atoms with E-state index in [4.69, 9.17) is 4.74 Å². The minimum atomic E-state index is -0.835. The Balaban J connectivity index is 2.00. The summed E-state index contributed by atoms with van der Waals surface area (Å²) in [6.45, 7) is 2.11. The fourth-order valence-corrected chi connectivity index (χ4v) is 2.83. The van der Waals surface area contributed by atoms with E-state index < -0.39 is 11.3 Å². The predicted molar refractivity (Wildman–Crippen MR) is 79.8 cm³/mol. The van der Waals surface area contributed by atoms with E-state index in [1.807, 2.05) is 0 Å². The number of ether oxygens (including phenoxy) is 1. The van der Waals surface area contributed by atoms with Crippen LogP contribution in [0.1, 0.15) is 19.8 Å². The molecule has 0 aromatic carbocycles. The lowest BCUT2D eigenvalue weighted by molar-refractivity contribution is -0.113. The third-order valence-electron chi connectivity index (χ3n) is 4.22. The Morgan fingerprint density at radius 1 is 1.45 bits per heavy atom. The Morgan fingerprint density at radius 2 is 2.18 bits per heavy atom. The summed E-state index contributed by atoms with van der Waals surface area (Å²) in [4.78, 5) is 29.0. The zero-order chi connectivity index (χ0) is 16.1. The number of imidazole rings is 1. The van der Waals surface area contributed by atoms with Gasteiger partial charge in [-0.2, -0.15) is 0 Å². The largest absolute Gasteiger partial charge is 0.388 e. The van der Waals surface area contributed by atoms with Crippen molar-refractivity contribution >= 4 is 11.2 Å². The number of fused-ring (bicyclic) bond motifs is 1. The first-order chi connectivity index (χ1) is 10.3. The van der Waals surface area contributed by atoms with E-state index in [1.165, 1.54) is 15.5 Å². The highest BCUT2D eigenvalue weighted by Gasteiger charge is 2.30. The van der Waals surface area contributed by atoms with Crippen molar-refractivity contribution in [2.45, 2.75) is 38.0 Å². The van der Waals surface area contributed by atoms with Crippen LogP contribution in [0.5, 0.6) is 0 Å². The van der Waals surface area contributed by atoms with Crippen molar-refractivity contribution in [3.63, 3.8) is 0 Å².